The molecule has 4 nitrogen and oxygen atoms in total. The van der Waals surface area contributed by atoms with E-state index < -0.39 is 0 Å². The Morgan fingerprint density at radius 3 is 2.65 bits per heavy atom. The van der Waals surface area contributed by atoms with Gasteiger partial charge in [-0.15, -0.1) is 11.3 Å². The molecule has 0 atom stereocenters. The van der Waals surface area contributed by atoms with Gasteiger partial charge in [-0.25, -0.2) is 4.98 Å². The summed E-state index contributed by atoms with van der Waals surface area (Å²) in [5, 5.41) is 2.52. The quantitative estimate of drug-likeness (QED) is 0.917. The van der Waals surface area contributed by atoms with Crippen molar-refractivity contribution in [3.8, 4) is 0 Å². The van der Waals surface area contributed by atoms with Gasteiger partial charge in [0.05, 0.1) is 5.69 Å². The van der Waals surface area contributed by atoms with Crippen molar-refractivity contribution >= 4 is 22.4 Å². The van der Waals surface area contributed by atoms with E-state index in [1.165, 1.54) is 16.9 Å². The zero-order chi connectivity index (χ0) is 16.1. The number of rotatable bonds is 5. The average molecular weight is 329 g/mol. The van der Waals surface area contributed by atoms with E-state index in [4.69, 9.17) is 5.73 Å². The van der Waals surface area contributed by atoms with Gasteiger partial charge in [0.15, 0.2) is 5.13 Å². The molecule has 1 aromatic heterocycles. The molecule has 0 aliphatic carbocycles. The van der Waals surface area contributed by atoms with Crippen LogP contribution in [0.15, 0.2) is 35.7 Å². The first-order valence-electron chi connectivity index (χ1n) is 8.22. The van der Waals surface area contributed by atoms with E-state index in [-0.39, 0.29) is 5.91 Å². The van der Waals surface area contributed by atoms with Crippen molar-refractivity contribution in [2.24, 2.45) is 5.92 Å². The highest BCUT2D eigenvalue weighted by Crippen LogP contribution is 2.22. The highest BCUT2D eigenvalue weighted by Gasteiger charge is 2.22. The van der Waals surface area contributed by atoms with Gasteiger partial charge in [-0.3, -0.25) is 4.79 Å². The van der Waals surface area contributed by atoms with Crippen molar-refractivity contribution in [1.82, 2.24) is 9.88 Å². The third-order valence-corrected chi connectivity index (χ3v) is 5.22. The van der Waals surface area contributed by atoms with Crippen LogP contribution in [0.3, 0.4) is 0 Å². The van der Waals surface area contributed by atoms with Gasteiger partial charge < -0.3 is 10.6 Å². The molecule has 23 heavy (non-hydrogen) atoms. The highest BCUT2D eigenvalue weighted by molar-refractivity contribution is 7.13. The molecule has 122 valence electrons. The fraction of sp³-hybridized carbons (Fsp3) is 0.444. The lowest BCUT2D eigenvalue weighted by Crippen LogP contribution is -2.39. The molecule has 3 rings (SSSR count). The summed E-state index contributed by atoms with van der Waals surface area (Å²) in [5.41, 5.74) is 7.95. The Labute approximate surface area is 141 Å². The number of anilines is 1. The first-order chi connectivity index (χ1) is 11.2. The Morgan fingerprint density at radius 2 is 2.00 bits per heavy atom. The smallest absolute Gasteiger partial charge is 0.222 e. The topological polar surface area (TPSA) is 59.2 Å². The summed E-state index contributed by atoms with van der Waals surface area (Å²) < 4.78 is 0. The summed E-state index contributed by atoms with van der Waals surface area (Å²) in [6.45, 7) is 1.77. The molecule has 2 heterocycles. The van der Waals surface area contributed by atoms with Crippen molar-refractivity contribution in [2.75, 3.05) is 18.8 Å². The van der Waals surface area contributed by atoms with Gasteiger partial charge in [-0.2, -0.15) is 0 Å². The number of benzene rings is 1. The summed E-state index contributed by atoms with van der Waals surface area (Å²) >= 11 is 1.43. The van der Waals surface area contributed by atoms with Gasteiger partial charge >= 0.3 is 0 Å². The maximum atomic E-state index is 12.3. The van der Waals surface area contributed by atoms with E-state index in [1.54, 1.807) is 0 Å². The Bertz CT molecular complexity index is 633. The second kappa shape index (κ2) is 7.59. The van der Waals surface area contributed by atoms with Gasteiger partial charge in [0.1, 0.15) is 0 Å². The molecular formula is C18H23N3OS. The van der Waals surface area contributed by atoms with Crippen LogP contribution in [0.1, 0.15) is 30.5 Å². The number of hydrogen-bond donors (Lipinski definition) is 1. The predicted molar refractivity (Wildman–Crippen MR) is 94.3 cm³/mol. The summed E-state index contributed by atoms with van der Waals surface area (Å²) in [6, 6.07) is 10.6. The molecule has 0 radical (unpaired) electrons. The third-order valence-electron chi connectivity index (χ3n) is 4.50. The molecule has 0 spiro atoms. The lowest BCUT2D eigenvalue weighted by Gasteiger charge is -2.32. The number of likely N-dealkylation sites (tertiary alicyclic amines) is 1. The third kappa shape index (κ3) is 4.55. The molecule has 1 fully saturated rings. The summed E-state index contributed by atoms with van der Waals surface area (Å²) in [7, 11) is 0. The molecule has 1 aliphatic rings. The van der Waals surface area contributed by atoms with E-state index in [0.29, 0.717) is 23.9 Å². The van der Waals surface area contributed by atoms with Crippen LogP contribution in [-0.2, 0) is 17.6 Å². The van der Waals surface area contributed by atoms with Crippen molar-refractivity contribution in [3.63, 3.8) is 0 Å². The van der Waals surface area contributed by atoms with Gasteiger partial charge in [0, 0.05) is 24.9 Å². The van der Waals surface area contributed by atoms with Crippen LogP contribution in [0, 0.1) is 5.92 Å². The van der Waals surface area contributed by atoms with Crippen molar-refractivity contribution in [2.45, 2.75) is 32.1 Å². The minimum absolute atomic E-state index is 0.245. The van der Waals surface area contributed by atoms with Crippen molar-refractivity contribution < 1.29 is 4.79 Å². The van der Waals surface area contributed by atoms with Crippen molar-refractivity contribution in [3.05, 3.63) is 47.0 Å². The number of carbonyl (C=O) groups is 1. The first kappa shape index (κ1) is 16.0. The predicted octanol–water partition coefficient (Wildman–Crippen LogP) is 3.14. The lowest BCUT2D eigenvalue weighted by atomic mass is 9.90. The second-order valence-corrected chi connectivity index (χ2v) is 7.08. The molecule has 2 N–H and O–H groups in total. The van der Waals surface area contributed by atoms with Crippen LogP contribution in [0.2, 0.25) is 0 Å². The van der Waals surface area contributed by atoms with E-state index in [9.17, 15) is 4.79 Å². The SMILES string of the molecule is Nc1nc(CCC(=O)N2CCC(Cc3ccccc3)CC2)cs1. The molecule has 5 heteroatoms. The Hall–Kier alpha value is -1.88. The maximum absolute atomic E-state index is 12.3. The van der Waals surface area contributed by atoms with Gasteiger partial charge in [-0.1, -0.05) is 30.3 Å². The number of aryl methyl sites for hydroxylation is 1. The van der Waals surface area contributed by atoms with Crippen LogP contribution < -0.4 is 5.73 Å². The van der Waals surface area contributed by atoms with E-state index in [2.05, 4.69) is 35.3 Å². The summed E-state index contributed by atoms with van der Waals surface area (Å²) in [6.07, 6.45) is 4.55. The number of thiazole rings is 1. The number of piperidine rings is 1. The number of amides is 1. The lowest BCUT2D eigenvalue weighted by molar-refractivity contribution is -0.132. The number of aromatic nitrogens is 1. The fourth-order valence-electron chi connectivity index (χ4n) is 3.16. The second-order valence-electron chi connectivity index (χ2n) is 6.19. The molecule has 1 saturated heterocycles. The standard InChI is InChI=1S/C18H23N3OS/c19-18-20-16(13-23-18)6-7-17(22)21-10-8-15(9-11-21)12-14-4-2-1-3-5-14/h1-5,13,15H,6-12H2,(H2,19,20). The van der Waals surface area contributed by atoms with E-state index >= 15 is 0 Å². The van der Waals surface area contributed by atoms with Crippen molar-refractivity contribution in [1.29, 1.82) is 0 Å². The summed E-state index contributed by atoms with van der Waals surface area (Å²) in [5.74, 6) is 0.939. The van der Waals surface area contributed by atoms with Crippen LogP contribution >= 0.6 is 11.3 Å². The van der Waals surface area contributed by atoms with Crippen LogP contribution in [0.25, 0.3) is 0 Å². The average Bonchev–Trinajstić information content (AvgIpc) is 3.00. The van der Waals surface area contributed by atoms with Gasteiger partial charge in [-0.05, 0) is 37.2 Å². The highest BCUT2D eigenvalue weighted by atomic mass is 32.1. The van der Waals surface area contributed by atoms with E-state index in [1.807, 2.05) is 10.3 Å². The largest absolute Gasteiger partial charge is 0.375 e. The molecule has 0 bridgehead atoms. The van der Waals surface area contributed by atoms with Crippen LogP contribution in [0.4, 0.5) is 5.13 Å². The summed E-state index contributed by atoms with van der Waals surface area (Å²) in [4.78, 5) is 18.5. The Balaban J connectivity index is 1.42. The minimum Gasteiger partial charge on any atom is -0.375 e. The number of hydrogen-bond acceptors (Lipinski definition) is 4. The molecule has 1 amide bonds. The molecule has 0 unspecified atom stereocenters. The van der Waals surface area contributed by atoms with E-state index in [0.717, 1.165) is 38.0 Å². The molecular weight excluding hydrogens is 306 g/mol. The number of nitrogens with zero attached hydrogens (tertiary/aromatic N) is 2. The first-order valence-corrected chi connectivity index (χ1v) is 9.10. The molecule has 2 aromatic rings. The van der Waals surface area contributed by atoms with Gasteiger partial charge in [0.25, 0.3) is 0 Å². The normalized spacial score (nSPS) is 15.7. The molecule has 1 aliphatic heterocycles. The van der Waals surface area contributed by atoms with Gasteiger partial charge in [0.2, 0.25) is 5.91 Å². The monoisotopic (exact) mass is 329 g/mol. The Kier molecular flexibility index (Phi) is 5.28. The molecule has 1 aromatic carbocycles. The zero-order valence-electron chi connectivity index (χ0n) is 13.3. The maximum Gasteiger partial charge on any atom is 0.222 e. The number of nitrogens with two attached hydrogens (primary N) is 1. The number of carbonyl (C=O) groups excluding carboxylic acids is 1. The minimum atomic E-state index is 0.245. The fourth-order valence-corrected chi connectivity index (χ4v) is 3.76. The Morgan fingerprint density at radius 1 is 1.26 bits per heavy atom. The zero-order valence-corrected chi connectivity index (χ0v) is 14.1. The van der Waals surface area contributed by atoms with Crippen LogP contribution in [-0.4, -0.2) is 28.9 Å². The van der Waals surface area contributed by atoms with Crippen LogP contribution in [0.5, 0.6) is 0 Å². The molecule has 0 saturated carbocycles. The number of nitrogen functional groups attached to an aromatic ring is 1.